The number of aromatic nitrogens is 5. The summed E-state index contributed by atoms with van der Waals surface area (Å²) in [4.78, 5) is 17.6. The van der Waals surface area contributed by atoms with Crippen LogP contribution < -0.4 is 15.1 Å². The molecule has 1 saturated carbocycles. The number of anilines is 4. The number of fused-ring (bicyclic) bond motifs is 3. The van der Waals surface area contributed by atoms with E-state index in [-0.39, 0.29) is 0 Å². The molecule has 2 fully saturated rings. The molecule has 3 aliphatic rings. The Morgan fingerprint density at radius 2 is 1.73 bits per heavy atom. The number of nitrogens with one attached hydrogen (secondary N) is 1. The molecule has 2 unspecified atom stereocenters. The second kappa shape index (κ2) is 7.93. The van der Waals surface area contributed by atoms with Gasteiger partial charge in [-0.15, -0.1) is 5.10 Å². The van der Waals surface area contributed by atoms with Gasteiger partial charge in [-0.1, -0.05) is 0 Å². The molecule has 33 heavy (non-hydrogen) atoms. The summed E-state index contributed by atoms with van der Waals surface area (Å²) < 4.78 is 29.4. The van der Waals surface area contributed by atoms with Crippen molar-refractivity contribution in [3.8, 4) is 0 Å². The van der Waals surface area contributed by atoms with Gasteiger partial charge in [0.1, 0.15) is 23.8 Å². The third-order valence-corrected chi connectivity index (χ3v) is 7.05. The number of piperidine rings is 1. The summed E-state index contributed by atoms with van der Waals surface area (Å²) in [5.74, 6) is 1.97. The molecular formula is C23H26F2N8. The quantitative estimate of drug-likeness (QED) is 0.649. The number of hydrogen-bond donors (Lipinski definition) is 1. The summed E-state index contributed by atoms with van der Waals surface area (Å²) in [5, 5.41) is 8.28. The maximum Gasteiger partial charge on any atom is 0.244 e. The zero-order chi connectivity index (χ0) is 22.5. The standard InChI is InChI=1S/C23H26F2N8/c1-14-7-20(27-13-26-14)31-11-15-3-4-16(12-31)21(15)28-22-29-23-32(5-2-6-33(23)30-22)19-9-17(24)8-18(25)10-19/h7-10,13,15-16,21H,2-6,11-12H2,1H3,(H,28,30)/t15-,16?,21?/m0/s1. The maximum absolute atomic E-state index is 13.8. The average Bonchev–Trinajstić information content (AvgIpc) is 3.29. The molecule has 3 aromatic rings. The minimum absolute atomic E-state index is 0.300. The van der Waals surface area contributed by atoms with E-state index in [1.807, 2.05) is 22.6 Å². The number of rotatable bonds is 4. The van der Waals surface area contributed by atoms with Crippen molar-refractivity contribution >= 4 is 23.4 Å². The minimum Gasteiger partial charge on any atom is -0.356 e. The topological polar surface area (TPSA) is 75.0 Å². The lowest BCUT2D eigenvalue weighted by atomic mass is 9.92. The predicted molar refractivity (Wildman–Crippen MR) is 121 cm³/mol. The molecule has 1 N–H and O–H groups in total. The molecule has 1 aromatic carbocycles. The van der Waals surface area contributed by atoms with Gasteiger partial charge in [0, 0.05) is 55.7 Å². The average molecular weight is 453 g/mol. The van der Waals surface area contributed by atoms with Crippen LogP contribution in [0.15, 0.2) is 30.6 Å². The second-order valence-corrected chi connectivity index (χ2v) is 9.28. The molecule has 6 rings (SSSR count). The van der Waals surface area contributed by atoms with E-state index in [1.54, 1.807) is 6.33 Å². The predicted octanol–water partition coefficient (Wildman–Crippen LogP) is 3.52. The SMILES string of the molecule is Cc1cc(N2CC3CC[C@@H](C2)C3Nc2nc3n(n2)CCCN3c2cc(F)cc(F)c2)ncn1. The van der Waals surface area contributed by atoms with Crippen molar-refractivity contribution in [2.24, 2.45) is 11.8 Å². The van der Waals surface area contributed by atoms with Crippen molar-refractivity contribution in [2.45, 2.75) is 38.8 Å². The molecular weight excluding hydrogens is 426 g/mol. The van der Waals surface area contributed by atoms with Crippen molar-refractivity contribution in [3.63, 3.8) is 0 Å². The molecule has 2 aliphatic heterocycles. The van der Waals surface area contributed by atoms with Crippen LogP contribution in [-0.4, -0.2) is 50.4 Å². The van der Waals surface area contributed by atoms with Gasteiger partial charge in [0.25, 0.3) is 0 Å². The van der Waals surface area contributed by atoms with Crippen LogP contribution in [0, 0.1) is 30.4 Å². The summed E-state index contributed by atoms with van der Waals surface area (Å²) in [5.41, 5.74) is 1.43. The van der Waals surface area contributed by atoms with Crippen LogP contribution in [0.2, 0.25) is 0 Å². The molecule has 0 spiro atoms. The van der Waals surface area contributed by atoms with Gasteiger partial charge < -0.3 is 15.1 Å². The minimum atomic E-state index is -0.595. The molecule has 8 nitrogen and oxygen atoms in total. The first-order valence-corrected chi connectivity index (χ1v) is 11.5. The normalized spacial score (nSPS) is 24.2. The van der Waals surface area contributed by atoms with Gasteiger partial charge in [0.05, 0.1) is 0 Å². The molecule has 0 radical (unpaired) electrons. The molecule has 1 aliphatic carbocycles. The molecule has 2 aromatic heterocycles. The summed E-state index contributed by atoms with van der Waals surface area (Å²) in [6.07, 6.45) is 4.78. The van der Waals surface area contributed by atoms with E-state index in [0.29, 0.717) is 42.0 Å². The first-order valence-electron chi connectivity index (χ1n) is 11.5. The van der Waals surface area contributed by atoms with Crippen LogP contribution in [0.1, 0.15) is 25.0 Å². The Kier molecular flexibility index (Phi) is 4.88. The smallest absolute Gasteiger partial charge is 0.244 e. The lowest BCUT2D eigenvalue weighted by molar-refractivity contribution is 0.374. The molecule has 3 atom stereocenters. The van der Waals surface area contributed by atoms with Gasteiger partial charge in [0.2, 0.25) is 11.9 Å². The van der Waals surface area contributed by atoms with Crippen molar-refractivity contribution in [1.29, 1.82) is 0 Å². The Bertz CT molecular complexity index is 1150. The number of benzene rings is 1. The van der Waals surface area contributed by atoms with E-state index < -0.39 is 11.6 Å². The van der Waals surface area contributed by atoms with E-state index in [1.165, 1.54) is 12.1 Å². The Hall–Kier alpha value is -3.30. The van der Waals surface area contributed by atoms with Crippen LogP contribution in [0.4, 0.5) is 32.2 Å². The highest BCUT2D eigenvalue weighted by Crippen LogP contribution is 2.40. The second-order valence-electron chi connectivity index (χ2n) is 9.28. The number of nitrogens with zero attached hydrogens (tertiary/aromatic N) is 7. The fourth-order valence-corrected chi connectivity index (χ4v) is 5.57. The Morgan fingerprint density at radius 1 is 0.970 bits per heavy atom. The van der Waals surface area contributed by atoms with Crippen LogP contribution >= 0.6 is 0 Å². The van der Waals surface area contributed by atoms with Gasteiger partial charge in [-0.2, -0.15) is 4.98 Å². The monoisotopic (exact) mass is 452 g/mol. The van der Waals surface area contributed by atoms with E-state index in [0.717, 1.165) is 56.5 Å². The lowest BCUT2D eigenvalue weighted by Crippen LogP contribution is -2.48. The number of aryl methyl sites for hydroxylation is 2. The van der Waals surface area contributed by atoms with E-state index >= 15 is 0 Å². The van der Waals surface area contributed by atoms with E-state index in [2.05, 4.69) is 25.3 Å². The zero-order valence-electron chi connectivity index (χ0n) is 18.5. The Labute approximate surface area is 190 Å². The zero-order valence-corrected chi connectivity index (χ0v) is 18.5. The fourth-order valence-electron chi connectivity index (χ4n) is 5.57. The molecule has 2 bridgehead atoms. The summed E-state index contributed by atoms with van der Waals surface area (Å²) in [6, 6.07) is 5.91. The van der Waals surface area contributed by atoms with Gasteiger partial charge >= 0.3 is 0 Å². The van der Waals surface area contributed by atoms with Crippen LogP contribution in [0.3, 0.4) is 0 Å². The van der Waals surface area contributed by atoms with Crippen LogP contribution in [-0.2, 0) is 6.54 Å². The summed E-state index contributed by atoms with van der Waals surface area (Å²) in [7, 11) is 0. The summed E-state index contributed by atoms with van der Waals surface area (Å²) in [6.45, 7) is 5.24. The third kappa shape index (κ3) is 3.77. The first kappa shape index (κ1) is 20.3. The summed E-state index contributed by atoms with van der Waals surface area (Å²) >= 11 is 0. The fraction of sp³-hybridized carbons (Fsp3) is 0.478. The maximum atomic E-state index is 13.8. The Balaban J connectivity index is 1.21. The van der Waals surface area contributed by atoms with E-state index in [9.17, 15) is 8.78 Å². The highest BCUT2D eigenvalue weighted by atomic mass is 19.1. The van der Waals surface area contributed by atoms with Gasteiger partial charge in [-0.05, 0) is 50.2 Å². The molecule has 10 heteroatoms. The van der Waals surface area contributed by atoms with Crippen molar-refractivity contribution < 1.29 is 8.78 Å². The molecule has 4 heterocycles. The first-order chi connectivity index (χ1) is 16.0. The van der Waals surface area contributed by atoms with E-state index in [4.69, 9.17) is 4.98 Å². The highest BCUT2D eigenvalue weighted by Gasteiger charge is 2.43. The van der Waals surface area contributed by atoms with Gasteiger partial charge in [0.15, 0.2) is 0 Å². The highest BCUT2D eigenvalue weighted by molar-refractivity contribution is 5.59. The molecule has 172 valence electrons. The van der Waals surface area contributed by atoms with Crippen molar-refractivity contribution in [3.05, 3.63) is 47.9 Å². The van der Waals surface area contributed by atoms with Gasteiger partial charge in [-0.3, -0.25) is 0 Å². The Morgan fingerprint density at radius 3 is 2.45 bits per heavy atom. The van der Waals surface area contributed by atoms with Crippen molar-refractivity contribution in [1.82, 2.24) is 24.7 Å². The van der Waals surface area contributed by atoms with Crippen LogP contribution in [0.25, 0.3) is 0 Å². The van der Waals surface area contributed by atoms with Crippen LogP contribution in [0.5, 0.6) is 0 Å². The van der Waals surface area contributed by atoms with Crippen molar-refractivity contribution in [2.75, 3.05) is 34.8 Å². The lowest BCUT2D eigenvalue weighted by Gasteiger charge is -2.38. The third-order valence-electron chi connectivity index (χ3n) is 7.05. The number of halogens is 2. The molecule has 0 amide bonds. The van der Waals surface area contributed by atoms with Gasteiger partial charge in [-0.25, -0.2) is 23.4 Å². The molecule has 1 saturated heterocycles. The number of hydrogen-bond acceptors (Lipinski definition) is 7. The largest absolute Gasteiger partial charge is 0.356 e.